The molecule has 2 amide bonds. The van der Waals surface area contributed by atoms with Crippen molar-refractivity contribution in [2.45, 2.75) is 13.5 Å². The van der Waals surface area contributed by atoms with Crippen molar-refractivity contribution in [2.24, 2.45) is 5.73 Å². The van der Waals surface area contributed by atoms with Crippen LogP contribution in [0.2, 0.25) is 0 Å². The molecule has 2 heterocycles. The monoisotopic (exact) mass is 375 g/mol. The van der Waals surface area contributed by atoms with E-state index < -0.39 is 5.91 Å². The standard InChI is InChI=1S/C20H17N5O3/c1-12-23-24-20(28-12)17-10-14-4-2-3-5-16(14)25(17)11-18(26)22-15-8-6-13(7-9-15)19(21)27/h2-10H,11H2,1H3,(H2,21,27)(H,22,26). The number of nitrogens with two attached hydrogens (primary N) is 1. The molecule has 0 radical (unpaired) electrons. The van der Waals surface area contributed by atoms with E-state index in [-0.39, 0.29) is 12.5 Å². The lowest BCUT2D eigenvalue weighted by Crippen LogP contribution is -2.19. The molecule has 0 unspecified atom stereocenters. The SMILES string of the molecule is Cc1nnc(-c2cc3ccccc3n2CC(=O)Nc2ccc(C(N)=O)cc2)o1. The van der Waals surface area contributed by atoms with E-state index in [0.29, 0.717) is 28.7 Å². The number of nitrogens with one attached hydrogen (secondary N) is 1. The number of para-hydroxylation sites is 1. The molecule has 28 heavy (non-hydrogen) atoms. The first-order valence-corrected chi connectivity index (χ1v) is 8.60. The Balaban J connectivity index is 1.63. The highest BCUT2D eigenvalue weighted by Crippen LogP contribution is 2.27. The number of aryl methyl sites for hydroxylation is 1. The Labute approximate surface area is 160 Å². The van der Waals surface area contributed by atoms with Crippen molar-refractivity contribution in [2.75, 3.05) is 5.32 Å². The number of primary amides is 1. The van der Waals surface area contributed by atoms with Gasteiger partial charge in [-0.25, -0.2) is 0 Å². The van der Waals surface area contributed by atoms with Gasteiger partial charge in [0.2, 0.25) is 17.7 Å². The summed E-state index contributed by atoms with van der Waals surface area (Å²) in [5.41, 5.74) is 7.73. The van der Waals surface area contributed by atoms with Gasteiger partial charge in [0.05, 0.1) is 0 Å². The largest absolute Gasteiger partial charge is 0.420 e. The molecular weight excluding hydrogens is 358 g/mol. The number of benzene rings is 2. The second-order valence-electron chi connectivity index (χ2n) is 6.29. The van der Waals surface area contributed by atoms with Crippen LogP contribution in [0.5, 0.6) is 0 Å². The molecule has 3 N–H and O–H groups in total. The fraction of sp³-hybridized carbons (Fsp3) is 0.100. The molecule has 0 fully saturated rings. The molecule has 0 saturated heterocycles. The summed E-state index contributed by atoms with van der Waals surface area (Å²) in [5, 5.41) is 11.7. The highest BCUT2D eigenvalue weighted by Gasteiger charge is 2.17. The summed E-state index contributed by atoms with van der Waals surface area (Å²) >= 11 is 0. The first kappa shape index (κ1) is 17.5. The van der Waals surface area contributed by atoms with Gasteiger partial charge in [-0.2, -0.15) is 0 Å². The van der Waals surface area contributed by atoms with Crippen LogP contribution in [0.25, 0.3) is 22.5 Å². The average Bonchev–Trinajstić information content (AvgIpc) is 3.26. The van der Waals surface area contributed by atoms with Gasteiger partial charge in [0.15, 0.2) is 0 Å². The molecule has 140 valence electrons. The number of rotatable bonds is 5. The van der Waals surface area contributed by atoms with E-state index in [1.165, 1.54) is 0 Å². The van der Waals surface area contributed by atoms with Crippen molar-refractivity contribution in [1.29, 1.82) is 0 Å². The van der Waals surface area contributed by atoms with Gasteiger partial charge in [-0.05, 0) is 36.4 Å². The van der Waals surface area contributed by atoms with Crippen LogP contribution in [0, 0.1) is 6.92 Å². The summed E-state index contributed by atoms with van der Waals surface area (Å²) in [6.07, 6.45) is 0. The number of hydrogen-bond acceptors (Lipinski definition) is 5. The zero-order valence-corrected chi connectivity index (χ0v) is 15.0. The van der Waals surface area contributed by atoms with Crippen LogP contribution in [0.1, 0.15) is 16.2 Å². The highest BCUT2D eigenvalue weighted by molar-refractivity contribution is 5.95. The summed E-state index contributed by atoms with van der Waals surface area (Å²) in [5.74, 6) is 0.0555. The normalized spacial score (nSPS) is 10.9. The van der Waals surface area contributed by atoms with Gasteiger partial charge in [-0.15, -0.1) is 10.2 Å². The quantitative estimate of drug-likeness (QED) is 0.556. The van der Waals surface area contributed by atoms with Crippen molar-refractivity contribution in [3.8, 4) is 11.6 Å². The maximum Gasteiger partial charge on any atom is 0.264 e. The number of fused-ring (bicyclic) bond motifs is 1. The molecule has 4 aromatic rings. The summed E-state index contributed by atoms with van der Waals surface area (Å²) < 4.78 is 7.39. The maximum absolute atomic E-state index is 12.6. The van der Waals surface area contributed by atoms with E-state index in [1.54, 1.807) is 31.2 Å². The minimum absolute atomic E-state index is 0.0574. The summed E-state index contributed by atoms with van der Waals surface area (Å²) in [7, 11) is 0. The lowest BCUT2D eigenvalue weighted by Gasteiger charge is -2.10. The Hall–Kier alpha value is -3.94. The van der Waals surface area contributed by atoms with Gasteiger partial charge in [0.25, 0.3) is 5.89 Å². The summed E-state index contributed by atoms with van der Waals surface area (Å²) in [4.78, 5) is 23.8. The Bertz CT molecular complexity index is 1170. The first-order valence-electron chi connectivity index (χ1n) is 8.60. The maximum atomic E-state index is 12.6. The molecule has 2 aromatic heterocycles. The van der Waals surface area contributed by atoms with E-state index in [2.05, 4.69) is 15.5 Å². The predicted octanol–water partition coefficient (Wildman–Crippen LogP) is 2.74. The Morgan fingerprint density at radius 1 is 1.11 bits per heavy atom. The molecule has 0 aliphatic heterocycles. The molecule has 0 bridgehead atoms. The summed E-state index contributed by atoms with van der Waals surface area (Å²) in [6.45, 7) is 1.77. The molecule has 0 spiro atoms. The third-order valence-corrected chi connectivity index (χ3v) is 4.31. The van der Waals surface area contributed by atoms with Crippen LogP contribution in [0.4, 0.5) is 5.69 Å². The number of anilines is 1. The molecule has 0 aliphatic rings. The van der Waals surface area contributed by atoms with Gasteiger partial charge in [-0.1, -0.05) is 18.2 Å². The van der Waals surface area contributed by atoms with Gasteiger partial charge in [0, 0.05) is 29.1 Å². The molecule has 2 aromatic carbocycles. The van der Waals surface area contributed by atoms with Crippen LogP contribution < -0.4 is 11.1 Å². The molecule has 0 saturated carbocycles. The van der Waals surface area contributed by atoms with E-state index in [0.717, 1.165) is 10.9 Å². The lowest BCUT2D eigenvalue weighted by atomic mass is 10.2. The second kappa shape index (κ2) is 6.99. The topological polar surface area (TPSA) is 116 Å². The van der Waals surface area contributed by atoms with Gasteiger partial charge in [0.1, 0.15) is 12.2 Å². The van der Waals surface area contributed by atoms with Gasteiger partial charge >= 0.3 is 0 Å². The number of carbonyl (C=O) groups excluding carboxylic acids is 2. The first-order chi connectivity index (χ1) is 13.5. The van der Waals surface area contributed by atoms with Crippen molar-refractivity contribution < 1.29 is 14.0 Å². The molecule has 8 heteroatoms. The van der Waals surface area contributed by atoms with Crippen molar-refractivity contribution in [1.82, 2.24) is 14.8 Å². The molecule has 4 rings (SSSR count). The minimum atomic E-state index is -0.517. The van der Waals surface area contributed by atoms with Crippen LogP contribution in [0.15, 0.2) is 59.0 Å². The zero-order chi connectivity index (χ0) is 19.7. The minimum Gasteiger partial charge on any atom is -0.420 e. The Kier molecular flexibility index (Phi) is 4.36. The molecule has 8 nitrogen and oxygen atoms in total. The van der Waals surface area contributed by atoms with Crippen LogP contribution in [-0.2, 0) is 11.3 Å². The highest BCUT2D eigenvalue weighted by atomic mass is 16.4. The van der Waals surface area contributed by atoms with Gasteiger partial charge < -0.3 is 20.0 Å². The van der Waals surface area contributed by atoms with Crippen molar-refractivity contribution in [3.63, 3.8) is 0 Å². The summed E-state index contributed by atoms with van der Waals surface area (Å²) in [6, 6.07) is 16.0. The smallest absolute Gasteiger partial charge is 0.264 e. The van der Waals surface area contributed by atoms with E-state index in [9.17, 15) is 9.59 Å². The van der Waals surface area contributed by atoms with Gasteiger partial charge in [-0.3, -0.25) is 9.59 Å². The fourth-order valence-corrected chi connectivity index (χ4v) is 3.02. The van der Waals surface area contributed by atoms with Crippen molar-refractivity contribution >= 4 is 28.4 Å². The number of carbonyl (C=O) groups is 2. The average molecular weight is 375 g/mol. The fourth-order valence-electron chi connectivity index (χ4n) is 3.02. The number of aromatic nitrogens is 3. The third-order valence-electron chi connectivity index (χ3n) is 4.31. The van der Waals surface area contributed by atoms with E-state index >= 15 is 0 Å². The Morgan fingerprint density at radius 2 is 1.86 bits per heavy atom. The zero-order valence-electron chi connectivity index (χ0n) is 15.0. The molecular formula is C20H17N5O3. The molecule has 0 atom stereocenters. The Morgan fingerprint density at radius 3 is 2.54 bits per heavy atom. The molecule has 0 aliphatic carbocycles. The lowest BCUT2D eigenvalue weighted by molar-refractivity contribution is -0.116. The second-order valence-corrected chi connectivity index (χ2v) is 6.29. The van der Waals surface area contributed by atoms with E-state index in [1.807, 2.05) is 34.9 Å². The van der Waals surface area contributed by atoms with Crippen molar-refractivity contribution in [3.05, 3.63) is 66.1 Å². The number of nitrogens with zero attached hydrogens (tertiary/aromatic N) is 3. The predicted molar refractivity (Wildman–Crippen MR) is 104 cm³/mol. The van der Waals surface area contributed by atoms with Crippen LogP contribution in [-0.4, -0.2) is 26.6 Å². The van der Waals surface area contributed by atoms with Crippen LogP contribution in [0.3, 0.4) is 0 Å². The third kappa shape index (κ3) is 3.35. The van der Waals surface area contributed by atoms with Crippen LogP contribution >= 0.6 is 0 Å². The number of amides is 2. The van der Waals surface area contributed by atoms with E-state index in [4.69, 9.17) is 10.2 Å². The number of hydrogen-bond donors (Lipinski definition) is 2.